The first-order valence-electron chi connectivity index (χ1n) is 24.5. The number of hydrogen-bond acceptors (Lipinski definition) is 3. The van der Waals surface area contributed by atoms with Gasteiger partial charge in [-0.1, -0.05) is 170 Å². The molecule has 0 bridgehead atoms. The van der Waals surface area contributed by atoms with Gasteiger partial charge in [-0.05, 0) is 160 Å². The molecule has 0 saturated heterocycles. The summed E-state index contributed by atoms with van der Waals surface area (Å²) in [5.74, 6) is -0.294. The predicted octanol–water partition coefficient (Wildman–Crippen LogP) is 19.0. The smallest absolute Gasteiger partial charge is 0.143 e. The minimum Gasteiger partial charge on any atom is -0.455 e. The van der Waals surface area contributed by atoms with E-state index in [4.69, 9.17) is 4.42 Å². The van der Waals surface area contributed by atoms with E-state index in [1.807, 2.05) is 30.3 Å². The summed E-state index contributed by atoms with van der Waals surface area (Å²) < 4.78 is 21.8. The molecule has 0 amide bonds. The molecule has 1 heterocycles. The van der Waals surface area contributed by atoms with Gasteiger partial charge in [0.1, 0.15) is 17.0 Å². The molecule has 1 unspecified atom stereocenters. The lowest BCUT2D eigenvalue weighted by molar-refractivity contribution is 0.628. The molecule has 1 aromatic heterocycles. The topological polar surface area (TPSA) is 19.6 Å². The molecule has 4 heteroatoms. The molecule has 13 rings (SSSR count). The van der Waals surface area contributed by atoms with Crippen LogP contribution in [0.1, 0.15) is 23.6 Å². The number of hydrogen-bond donors (Lipinski definition) is 0. The maximum atomic E-state index is 14.8. The van der Waals surface area contributed by atoms with E-state index in [1.54, 1.807) is 0 Å². The number of halogens is 1. The first kappa shape index (κ1) is 42.8. The van der Waals surface area contributed by atoms with Gasteiger partial charge in [-0.15, -0.1) is 0 Å². The summed E-state index contributed by atoms with van der Waals surface area (Å²) in [6.45, 7) is 2.38. The fourth-order valence-corrected chi connectivity index (χ4v) is 11.2. The first-order chi connectivity index (χ1) is 35.5. The molecular formula is C68H47FN2O. The minimum atomic E-state index is -0.349. The van der Waals surface area contributed by atoms with E-state index >= 15 is 0 Å². The zero-order chi connectivity index (χ0) is 48.2. The Morgan fingerprint density at radius 1 is 0.347 bits per heavy atom. The Bertz CT molecular complexity index is 3910. The van der Waals surface area contributed by atoms with Crippen molar-refractivity contribution < 1.29 is 8.81 Å². The number of furan rings is 1. The number of fused-ring (bicyclic) bond motifs is 6. The second-order valence-corrected chi connectivity index (χ2v) is 18.7. The van der Waals surface area contributed by atoms with Gasteiger partial charge in [-0.2, -0.15) is 0 Å². The van der Waals surface area contributed by atoms with E-state index in [0.717, 1.165) is 83.9 Å². The average molecular weight is 927 g/mol. The van der Waals surface area contributed by atoms with Gasteiger partial charge in [0.15, 0.2) is 0 Å². The third-order valence-corrected chi connectivity index (χ3v) is 14.5. The average Bonchev–Trinajstić information content (AvgIpc) is 3.95. The second kappa shape index (κ2) is 17.6. The number of rotatable bonds is 10. The lowest BCUT2D eigenvalue weighted by atomic mass is 9.72. The monoisotopic (exact) mass is 926 g/mol. The minimum absolute atomic E-state index is 0.294. The zero-order valence-electron chi connectivity index (χ0n) is 39.6. The van der Waals surface area contributed by atoms with Crippen molar-refractivity contribution in [1.29, 1.82) is 0 Å². The molecule has 0 spiro atoms. The van der Waals surface area contributed by atoms with Crippen LogP contribution in [0.5, 0.6) is 0 Å². The second-order valence-electron chi connectivity index (χ2n) is 18.7. The molecular weight excluding hydrogens is 880 g/mol. The van der Waals surface area contributed by atoms with Crippen molar-refractivity contribution in [2.75, 3.05) is 9.80 Å². The summed E-state index contributed by atoms with van der Waals surface area (Å²) in [5, 5.41) is 2.10. The zero-order valence-corrected chi connectivity index (χ0v) is 39.6. The van der Waals surface area contributed by atoms with Crippen molar-refractivity contribution in [2.24, 2.45) is 0 Å². The summed E-state index contributed by atoms with van der Waals surface area (Å²) in [5.41, 5.74) is 19.9. The van der Waals surface area contributed by atoms with E-state index in [2.05, 4.69) is 241 Å². The van der Waals surface area contributed by atoms with Gasteiger partial charge in [0.2, 0.25) is 0 Å². The van der Waals surface area contributed by atoms with Gasteiger partial charge in [-0.3, -0.25) is 0 Å². The van der Waals surface area contributed by atoms with Crippen LogP contribution in [-0.2, 0) is 5.41 Å². The maximum absolute atomic E-state index is 14.8. The van der Waals surface area contributed by atoms with Crippen LogP contribution < -0.4 is 9.80 Å². The Balaban J connectivity index is 0.977. The Hall–Kier alpha value is -9.25. The first-order valence-corrected chi connectivity index (χ1v) is 24.5. The lowest BCUT2D eigenvalue weighted by Crippen LogP contribution is -2.23. The largest absolute Gasteiger partial charge is 0.455 e. The fraction of sp³-hybridized carbons (Fsp3) is 0.0294. The van der Waals surface area contributed by atoms with Gasteiger partial charge < -0.3 is 14.2 Å². The highest BCUT2D eigenvalue weighted by Gasteiger charge is 2.42. The van der Waals surface area contributed by atoms with Gasteiger partial charge in [-0.25, -0.2) is 4.39 Å². The number of anilines is 6. The summed E-state index contributed by atoms with van der Waals surface area (Å²) in [6, 6.07) is 93.0. The maximum Gasteiger partial charge on any atom is 0.143 e. The lowest BCUT2D eigenvalue weighted by Gasteiger charge is -2.30. The van der Waals surface area contributed by atoms with Crippen molar-refractivity contribution in [3.8, 4) is 44.5 Å². The molecule has 11 aromatic carbocycles. The summed E-state index contributed by atoms with van der Waals surface area (Å²) in [6.07, 6.45) is 0. The molecule has 0 fully saturated rings. The van der Waals surface area contributed by atoms with E-state index in [1.165, 1.54) is 45.5 Å². The highest BCUT2D eigenvalue weighted by atomic mass is 19.1. The summed E-state index contributed by atoms with van der Waals surface area (Å²) >= 11 is 0. The predicted molar refractivity (Wildman–Crippen MR) is 297 cm³/mol. The van der Waals surface area contributed by atoms with Gasteiger partial charge in [0, 0.05) is 55.9 Å². The molecule has 72 heavy (non-hydrogen) atoms. The van der Waals surface area contributed by atoms with Crippen molar-refractivity contribution >= 4 is 56.1 Å². The third-order valence-electron chi connectivity index (χ3n) is 14.5. The Morgan fingerprint density at radius 2 is 0.889 bits per heavy atom. The molecule has 1 aliphatic carbocycles. The van der Waals surface area contributed by atoms with Crippen LogP contribution in [0, 0.1) is 5.82 Å². The van der Waals surface area contributed by atoms with Crippen molar-refractivity contribution in [3.05, 3.63) is 289 Å². The molecule has 0 radical (unpaired) electrons. The quantitative estimate of drug-likeness (QED) is 0.136. The summed E-state index contributed by atoms with van der Waals surface area (Å²) in [4.78, 5) is 4.48. The Morgan fingerprint density at radius 3 is 1.61 bits per heavy atom. The van der Waals surface area contributed by atoms with Crippen LogP contribution in [0.2, 0.25) is 0 Å². The summed E-state index contributed by atoms with van der Waals surface area (Å²) in [7, 11) is 0. The van der Waals surface area contributed by atoms with E-state index < -0.39 is 0 Å². The van der Waals surface area contributed by atoms with Gasteiger partial charge in [0.25, 0.3) is 0 Å². The van der Waals surface area contributed by atoms with Gasteiger partial charge in [0.05, 0.1) is 0 Å². The number of benzene rings is 11. The number of para-hydroxylation sites is 3. The van der Waals surface area contributed by atoms with Crippen LogP contribution in [0.3, 0.4) is 0 Å². The van der Waals surface area contributed by atoms with Crippen LogP contribution in [0.25, 0.3) is 66.4 Å². The number of nitrogens with zero attached hydrogens (tertiary/aromatic N) is 2. The molecule has 1 aliphatic rings. The molecule has 1 atom stereocenters. The molecule has 12 aromatic rings. The Kier molecular flexibility index (Phi) is 10.5. The normalized spacial score (nSPS) is 13.8. The molecule has 0 N–H and O–H groups in total. The van der Waals surface area contributed by atoms with Crippen LogP contribution in [0.4, 0.5) is 38.5 Å². The fourth-order valence-electron chi connectivity index (χ4n) is 11.2. The SMILES string of the molecule is CC1(c2ccccc2)c2ccccc2-c2cccc(-c3ccc4oc5c(-c6cc(-c7ccccc7)cc(N(c7ccc(F)cc7)c7cccc(N(c8ccccc8)c8ccccc8)c7)c6)cccc5c4c3)c21. The standard InChI is InChI=1S/C68H47FN2O/c1-68(50-21-8-3-9-22-50)64-34-15-14-29-60(64)61-32-17-30-58(66(61)68)47-35-40-65-63(44-47)62-33-18-31-59(67(62)72-65)49-41-48(46-19-6-2-7-20-46)42-57(43-49)71(54-38-36-51(69)37-39-54)56-28-16-27-55(45-56)70(52-23-10-4-11-24-52)53-25-12-5-13-26-53/h2-45H,1H3. The van der Waals surface area contributed by atoms with Crippen molar-refractivity contribution in [3.63, 3.8) is 0 Å². The third kappa shape index (κ3) is 7.27. The van der Waals surface area contributed by atoms with E-state index in [9.17, 15) is 4.39 Å². The molecule has 3 nitrogen and oxygen atoms in total. The van der Waals surface area contributed by atoms with Crippen LogP contribution in [0.15, 0.2) is 271 Å². The van der Waals surface area contributed by atoms with Crippen molar-refractivity contribution in [2.45, 2.75) is 12.3 Å². The highest BCUT2D eigenvalue weighted by Crippen LogP contribution is 2.56. The van der Waals surface area contributed by atoms with Gasteiger partial charge >= 0.3 is 0 Å². The molecule has 342 valence electrons. The highest BCUT2D eigenvalue weighted by molar-refractivity contribution is 6.11. The van der Waals surface area contributed by atoms with Crippen molar-refractivity contribution in [1.82, 2.24) is 0 Å². The molecule has 0 aliphatic heterocycles. The Labute approximate surface area is 419 Å². The van der Waals surface area contributed by atoms with E-state index in [-0.39, 0.29) is 11.2 Å². The molecule has 0 saturated carbocycles. The van der Waals surface area contributed by atoms with E-state index in [0.29, 0.717) is 0 Å². The van der Waals surface area contributed by atoms with Crippen LogP contribution >= 0.6 is 0 Å². The van der Waals surface area contributed by atoms with Crippen LogP contribution in [-0.4, -0.2) is 0 Å².